The van der Waals surface area contributed by atoms with Gasteiger partial charge in [-0.15, -0.1) is 24.5 Å². The Labute approximate surface area is 478 Å². The zero-order valence-electron chi connectivity index (χ0n) is 39.3. The number of ether oxygens (including phenoxy) is 4. The van der Waals surface area contributed by atoms with Gasteiger partial charge in [0, 0.05) is 34.7 Å². The van der Waals surface area contributed by atoms with Crippen LogP contribution in [0.1, 0.15) is 79.1 Å². The van der Waals surface area contributed by atoms with Gasteiger partial charge in [-0.25, -0.2) is 16.8 Å². The van der Waals surface area contributed by atoms with Crippen molar-refractivity contribution < 1.29 is 231 Å². The fraction of sp³-hybridized carbons (Fsp3) is 0.867. The zero-order valence-corrected chi connectivity index (χ0v) is 52.5. The Bertz CT molecular complexity index is 1570. The van der Waals surface area contributed by atoms with Gasteiger partial charge in [-0.05, 0) is 53.9 Å². The molecule has 0 bridgehead atoms. The Morgan fingerprint density at radius 3 is 1.47 bits per heavy atom. The maximum atomic E-state index is 12.0. The maximum Gasteiger partial charge on any atom is 1.00 e. The van der Waals surface area contributed by atoms with Crippen LogP contribution in [0.25, 0.3) is 0 Å². The minimum atomic E-state index is -4.85. The monoisotopic (exact) mass is 1110 g/mol. The van der Waals surface area contributed by atoms with E-state index in [4.69, 9.17) is 67.7 Å². The number of aliphatic hydroxyl groups excluding tert-OH is 2. The van der Waals surface area contributed by atoms with Crippen molar-refractivity contribution in [2.45, 2.75) is 91.3 Å². The first kappa shape index (κ1) is 85.7. The molecule has 0 saturated heterocycles. The Morgan fingerprint density at radius 1 is 0.667 bits per heavy atom. The van der Waals surface area contributed by atoms with E-state index in [9.17, 15) is 45.3 Å². The number of carbonyl (C=O) groups excluding carboxylic acids is 2. The van der Waals surface area contributed by atoms with E-state index in [2.05, 4.69) is 0 Å². The van der Waals surface area contributed by atoms with E-state index in [1.807, 2.05) is 6.92 Å². The molecule has 0 spiro atoms. The first-order valence-electron chi connectivity index (χ1n) is 18.3. The fourth-order valence-corrected chi connectivity index (χ4v) is 7.06. The molecule has 0 aliphatic carbocycles. The Morgan fingerprint density at radius 2 is 1.08 bits per heavy atom. The smallest absolute Gasteiger partial charge is 0.801 e. The van der Waals surface area contributed by atoms with Crippen molar-refractivity contribution in [2.24, 2.45) is 0 Å². The first-order valence-corrected chi connectivity index (χ1v) is 27.3. The van der Waals surface area contributed by atoms with E-state index >= 15 is 0 Å². The SMILES string of the molecule is CCCC(=O)OCC(C)OC(=O)CCN(C)CCC[C-](O)P(=O)([O-])O.CCCS(=O)(=O)COCC(C)OCS(=O)(=O)CCN(C)CCC[C-](O)P(=O)([O-])O.O=[P+]([O-])[O-].O=[P+]([O-])[O-].[Na+].[Na+].[Na+].[Na+]. The van der Waals surface area contributed by atoms with Crippen LogP contribution in [-0.2, 0) is 66.5 Å². The predicted octanol–water partition coefficient (Wildman–Crippen LogP) is -14.8. The van der Waals surface area contributed by atoms with Gasteiger partial charge in [0.1, 0.15) is 24.6 Å². The van der Waals surface area contributed by atoms with E-state index in [1.165, 1.54) is 0 Å². The molecule has 0 aromatic rings. The molecule has 66 heavy (non-hydrogen) atoms. The topological polar surface area (TPSA) is 433 Å². The van der Waals surface area contributed by atoms with Crippen LogP contribution in [0.2, 0.25) is 0 Å². The summed E-state index contributed by atoms with van der Waals surface area (Å²) >= 11 is 0. The summed E-state index contributed by atoms with van der Waals surface area (Å²) in [5.41, 5.74) is 0. The van der Waals surface area contributed by atoms with Gasteiger partial charge >= 0.3 is 130 Å². The number of esters is 2. The van der Waals surface area contributed by atoms with Crippen LogP contribution in [-0.4, -0.2) is 148 Å². The third kappa shape index (κ3) is 65.0. The molecule has 4 unspecified atom stereocenters. The zero-order chi connectivity index (χ0) is 49.3. The van der Waals surface area contributed by atoms with Crippen LogP contribution in [0.3, 0.4) is 0 Å². The second-order valence-electron chi connectivity index (χ2n) is 13.1. The molecule has 372 valence electrons. The van der Waals surface area contributed by atoms with E-state index < -0.39 is 93.1 Å². The molecule has 0 aromatic carbocycles. The third-order valence-corrected chi connectivity index (χ3v) is 11.6. The molecule has 36 heteroatoms. The average Bonchev–Trinajstić information content (AvgIpc) is 3.10. The molecule has 0 aliphatic rings. The Hall–Kier alpha value is 2.94. The molecular formula is C30H60N2Na4O24P4S2-2. The number of hydrogen-bond acceptors (Lipinski definition) is 24. The summed E-state index contributed by atoms with van der Waals surface area (Å²) in [6.07, 6.45) is 0.657. The van der Waals surface area contributed by atoms with Crippen LogP contribution < -0.4 is 148 Å². The van der Waals surface area contributed by atoms with Gasteiger partial charge in [-0.1, -0.05) is 35.8 Å². The van der Waals surface area contributed by atoms with Crippen molar-refractivity contribution in [1.82, 2.24) is 9.80 Å². The summed E-state index contributed by atoms with van der Waals surface area (Å²) in [6.45, 7) is 8.09. The van der Waals surface area contributed by atoms with Crippen LogP contribution in [0.4, 0.5) is 0 Å². The molecule has 4 N–H and O–H groups in total. The standard InChI is InChI=1S/C15H33NO10PS2.C15H29NO8P.4Na.2HO3P/c1-4-9-28(21,22)12-25-11-14(2)26-13-29(23,24)10-8-16(3)7-5-6-15(17)27(18,19)20;1-4-6-13(17)23-11-12(2)24-14(18)8-10-16(3)9-5-7-15(19)25(20,21)22;;;;;2*1-4(2)3/h14,17H,4-13H2,1-3H3,(H2,18,19,20);12,19H,4-11H2,1-3H3,(H2,20,21,22);;;;;2*(H,1,2,3)/q2*-1;4*+1;;/p-4. The molecule has 26 nitrogen and oxygen atoms in total. The largest absolute Gasteiger partial charge is 1.00 e. The van der Waals surface area contributed by atoms with E-state index in [-0.39, 0.29) is 181 Å². The van der Waals surface area contributed by atoms with Crippen LogP contribution in [0, 0.1) is 11.7 Å². The number of sulfone groups is 2. The molecular weight excluding hydrogens is 1050 g/mol. The van der Waals surface area contributed by atoms with Crippen molar-refractivity contribution in [3.63, 3.8) is 0 Å². The van der Waals surface area contributed by atoms with Gasteiger partial charge in [0.2, 0.25) is 0 Å². The number of rotatable bonds is 30. The number of aliphatic hydroxyl groups is 2. The Balaban J connectivity index is -0.000000139. The summed E-state index contributed by atoms with van der Waals surface area (Å²) in [5.74, 6) is -3.83. The maximum absolute atomic E-state index is 12.0. The van der Waals surface area contributed by atoms with Crippen molar-refractivity contribution >= 4 is 63.3 Å². The van der Waals surface area contributed by atoms with Gasteiger partial charge in [0.15, 0.2) is 19.7 Å². The first-order chi connectivity index (χ1) is 28.2. The number of carbonyl (C=O) groups is 2. The van der Waals surface area contributed by atoms with Gasteiger partial charge in [0.25, 0.3) is 16.5 Å². The van der Waals surface area contributed by atoms with Crippen molar-refractivity contribution in [3.05, 3.63) is 11.7 Å². The van der Waals surface area contributed by atoms with Gasteiger partial charge in [0.05, 0.1) is 30.6 Å². The fourth-order valence-electron chi connectivity index (χ4n) is 3.94. The minimum absolute atomic E-state index is 0. The molecule has 0 rings (SSSR count). The van der Waals surface area contributed by atoms with Crippen LogP contribution >= 0.6 is 31.7 Å². The van der Waals surface area contributed by atoms with E-state index in [0.29, 0.717) is 45.3 Å². The van der Waals surface area contributed by atoms with Crippen LogP contribution in [0.15, 0.2) is 0 Å². The van der Waals surface area contributed by atoms with Crippen molar-refractivity contribution in [1.29, 1.82) is 0 Å². The van der Waals surface area contributed by atoms with Gasteiger partial charge < -0.3 is 87.2 Å². The second kappa shape index (κ2) is 48.9. The summed E-state index contributed by atoms with van der Waals surface area (Å²) in [5, 5.41) is 18.2. The number of nitrogens with zero attached hydrogens (tertiary/aromatic N) is 2. The second-order valence-corrected chi connectivity index (χ2v) is 21.4. The molecule has 0 saturated carbocycles. The van der Waals surface area contributed by atoms with Crippen molar-refractivity contribution in [2.75, 3.05) is 76.9 Å². The quantitative estimate of drug-likeness (QED) is 0.0225. The summed E-state index contributed by atoms with van der Waals surface area (Å²) < 4.78 is 106. The molecule has 0 heterocycles. The molecule has 0 radical (unpaired) electrons. The molecule has 0 amide bonds. The summed E-state index contributed by atoms with van der Waals surface area (Å²) in [7, 11) is -19.8. The normalized spacial score (nSPS) is 13.6. The van der Waals surface area contributed by atoms with Crippen molar-refractivity contribution in [3.8, 4) is 0 Å². The molecule has 0 aliphatic heterocycles. The summed E-state index contributed by atoms with van der Waals surface area (Å²) in [6, 6.07) is 0. The molecule has 0 fully saturated rings. The van der Waals surface area contributed by atoms with Gasteiger partial charge in [-0.2, -0.15) is 0 Å². The average molecular weight is 1110 g/mol. The van der Waals surface area contributed by atoms with E-state index in [0.717, 1.165) is 0 Å². The van der Waals surface area contributed by atoms with E-state index in [1.54, 1.807) is 44.7 Å². The summed E-state index contributed by atoms with van der Waals surface area (Å²) in [4.78, 5) is 98.9. The predicted molar refractivity (Wildman–Crippen MR) is 209 cm³/mol. The molecule has 0 aromatic heterocycles. The molecule has 4 atom stereocenters. The number of hydrogen-bond donors (Lipinski definition) is 4. The Kier molecular flexibility index (Phi) is 63.4. The van der Waals surface area contributed by atoms with Gasteiger partial charge in [-0.3, -0.25) is 9.59 Å². The minimum Gasteiger partial charge on any atom is -0.801 e. The van der Waals surface area contributed by atoms with Crippen LogP contribution in [0.5, 0.6) is 0 Å². The third-order valence-electron chi connectivity index (χ3n) is 6.94.